The van der Waals surface area contributed by atoms with E-state index in [4.69, 9.17) is 11.5 Å². The number of nitrogens with two attached hydrogens (primary N) is 2. The lowest BCUT2D eigenvalue weighted by Crippen LogP contribution is -2.30. The molecule has 0 bridgehead atoms. The Balaban J connectivity index is 2.16. The third kappa shape index (κ3) is 3.67. The second-order valence-electron chi connectivity index (χ2n) is 4.90. The highest BCUT2D eigenvalue weighted by Crippen LogP contribution is 2.25. The summed E-state index contributed by atoms with van der Waals surface area (Å²) in [5, 5.41) is 0. The molecule has 19 heavy (non-hydrogen) atoms. The minimum absolute atomic E-state index is 0.115. The van der Waals surface area contributed by atoms with Crippen molar-refractivity contribution in [3.8, 4) is 0 Å². The third-order valence-corrected chi connectivity index (χ3v) is 3.55. The highest BCUT2D eigenvalue weighted by Gasteiger charge is 2.23. The number of aliphatic imine (C=N–C) groups is 1. The molecule has 4 N–H and O–H groups in total. The van der Waals surface area contributed by atoms with Crippen LogP contribution >= 0.6 is 0 Å². The summed E-state index contributed by atoms with van der Waals surface area (Å²) in [6.45, 7) is 2.25. The van der Waals surface area contributed by atoms with E-state index in [1.54, 1.807) is 0 Å². The molecule has 0 radical (unpaired) electrons. The van der Waals surface area contributed by atoms with Gasteiger partial charge in [0.25, 0.3) is 0 Å². The first-order valence-electron chi connectivity index (χ1n) is 6.65. The van der Waals surface area contributed by atoms with Crippen LogP contribution in [0.4, 0.5) is 4.39 Å². The van der Waals surface area contributed by atoms with E-state index in [-0.39, 0.29) is 12.0 Å². The van der Waals surface area contributed by atoms with Gasteiger partial charge >= 0.3 is 0 Å². The average Bonchev–Trinajstić information content (AvgIpc) is 2.93. The van der Waals surface area contributed by atoms with Crippen molar-refractivity contribution in [3.05, 3.63) is 35.4 Å². The first kappa shape index (κ1) is 13.8. The summed E-state index contributed by atoms with van der Waals surface area (Å²) in [6, 6.07) is 7.78. The van der Waals surface area contributed by atoms with Gasteiger partial charge in [0.2, 0.25) is 0 Å². The van der Waals surface area contributed by atoms with Crippen LogP contribution in [0.5, 0.6) is 0 Å². The van der Waals surface area contributed by atoms with E-state index >= 15 is 0 Å². The Kier molecular flexibility index (Phi) is 4.74. The molecule has 1 aromatic rings. The van der Waals surface area contributed by atoms with Gasteiger partial charge in [0.05, 0.1) is 12.6 Å². The molecule has 1 saturated heterocycles. The summed E-state index contributed by atoms with van der Waals surface area (Å²) < 4.78 is 12.5. The molecule has 4 nitrogen and oxygen atoms in total. The molecule has 1 aliphatic heterocycles. The molecule has 0 aromatic heterocycles. The Bertz CT molecular complexity index is 420. The number of alkyl halides is 1. The molecule has 2 rings (SSSR count). The number of guanidine groups is 1. The second-order valence-corrected chi connectivity index (χ2v) is 4.90. The van der Waals surface area contributed by atoms with Gasteiger partial charge in [-0.1, -0.05) is 24.3 Å². The van der Waals surface area contributed by atoms with Crippen molar-refractivity contribution in [1.29, 1.82) is 0 Å². The van der Waals surface area contributed by atoms with Crippen LogP contribution in [-0.2, 0) is 6.67 Å². The molecule has 0 aliphatic carbocycles. The molecular weight excluding hydrogens is 243 g/mol. The largest absolute Gasteiger partial charge is 0.370 e. The summed E-state index contributed by atoms with van der Waals surface area (Å²) in [4.78, 5) is 6.53. The van der Waals surface area contributed by atoms with Crippen LogP contribution in [0.3, 0.4) is 0 Å². The number of likely N-dealkylation sites (tertiary alicyclic amines) is 1. The average molecular weight is 264 g/mol. The van der Waals surface area contributed by atoms with Gasteiger partial charge in [-0.2, -0.15) is 0 Å². The van der Waals surface area contributed by atoms with E-state index in [0.29, 0.717) is 12.1 Å². The summed E-state index contributed by atoms with van der Waals surface area (Å²) >= 11 is 0. The molecule has 1 fully saturated rings. The fourth-order valence-electron chi connectivity index (χ4n) is 2.51. The van der Waals surface area contributed by atoms with Crippen molar-refractivity contribution in [2.75, 3.05) is 19.6 Å². The predicted octanol–water partition coefficient (Wildman–Crippen LogP) is 1.57. The summed E-state index contributed by atoms with van der Waals surface area (Å²) in [7, 11) is 0. The number of hydrogen-bond donors (Lipinski definition) is 2. The highest BCUT2D eigenvalue weighted by molar-refractivity contribution is 5.75. The number of hydrogen-bond acceptors (Lipinski definition) is 2. The van der Waals surface area contributed by atoms with Crippen molar-refractivity contribution in [2.45, 2.75) is 25.6 Å². The first-order chi connectivity index (χ1) is 9.20. The zero-order valence-electron chi connectivity index (χ0n) is 11.1. The minimum atomic E-state index is -0.428. The van der Waals surface area contributed by atoms with Crippen LogP contribution in [0.25, 0.3) is 0 Å². The number of nitrogens with zero attached hydrogens (tertiary/aromatic N) is 2. The zero-order valence-corrected chi connectivity index (χ0v) is 11.1. The van der Waals surface area contributed by atoms with Gasteiger partial charge in [-0.15, -0.1) is 0 Å². The van der Waals surface area contributed by atoms with Crippen LogP contribution in [0.1, 0.15) is 30.0 Å². The molecule has 0 amide bonds. The summed E-state index contributed by atoms with van der Waals surface area (Å²) in [5.74, 6) is 0.115. The van der Waals surface area contributed by atoms with Gasteiger partial charge in [-0.25, -0.2) is 4.39 Å². The van der Waals surface area contributed by atoms with E-state index in [1.807, 2.05) is 24.3 Å². The van der Waals surface area contributed by atoms with Crippen LogP contribution < -0.4 is 11.5 Å². The van der Waals surface area contributed by atoms with Crippen molar-refractivity contribution in [1.82, 2.24) is 4.90 Å². The lowest BCUT2D eigenvalue weighted by molar-refractivity contribution is 0.252. The quantitative estimate of drug-likeness (QED) is 0.626. The summed E-state index contributed by atoms with van der Waals surface area (Å²) in [6.07, 6.45) is 2.42. The van der Waals surface area contributed by atoms with E-state index in [1.165, 1.54) is 12.8 Å². The number of rotatable bonds is 5. The molecule has 104 valence electrons. The lowest BCUT2D eigenvalue weighted by atomic mass is 10.0. The van der Waals surface area contributed by atoms with Gasteiger partial charge in [-0.05, 0) is 37.1 Å². The van der Waals surface area contributed by atoms with E-state index in [9.17, 15) is 4.39 Å². The topological polar surface area (TPSA) is 67.6 Å². The maximum Gasteiger partial charge on any atom is 0.185 e. The first-order valence-corrected chi connectivity index (χ1v) is 6.65. The fraction of sp³-hybridized carbons (Fsp3) is 0.500. The molecule has 1 aliphatic rings. The van der Waals surface area contributed by atoms with Crippen LogP contribution in [0.2, 0.25) is 0 Å². The third-order valence-electron chi connectivity index (χ3n) is 3.55. The van der Waals surface area contributed by atoms with Crippen LogP contribution in [0, 0.1) is 0 Å². The smallest absolute Gasteiger partial charge is 0.185 e. The normalized spacial score (nSPS) is 17.3. The highest BCUT2D eigenvalue weighted by atomic mass is 19.1. The zero-order chi connectivity index (χ0) is 13.7. The standard InChI is InChI=1S/C14H21FN4/c15-9-11-3-5-12(6-4-11)13(10-18-14(16)17)19-7-1-2-8-19/h3-6,13H,1-2,7-10H2,(H4,16,17,18). The maximum absolute atomic E-state index is 12.5. The fourth-order valence-corrected chi connectivity index (χ4v) is 2.51. The molecular formula is C14H21FN4. The van der Waals surface area contributed by atoms with Crippen molar-refractivity contribution in [3.63, 3.8) is 0 Å². The van der Waals surface area contributed by atoms with Crippen LogP contribution in [-0.4, -0.2) is 30.5 Å². The Labute approximate surface area is 113 Å². The SMILES string of the molecule is NC(N)=NCC(c1ccc(CF)cc1)N1CCCC1. The van der Waals surface area contributed by atoms with Gasteiger partial charge in [0.15, 0.2) is 5.96 Å². The second kappa shape index (κ2) is 6.52. The lowest BCUT2D eigenvalue weighted by Gasteiger charge is -2.26. The minimum Gasteiger partial charge on any atom is -0.370 e. The van der Waals surface area contributed by atoms with E-state index < -0.39 is 6.67 Å². The number of benzene rings is 1. The van der Waals surface area contributed by atoms with Gasteiger partial charge < -0.3 is 11.5 Å². The Hall–Kier alpha value is -1.62. The maximum atomic E-state index is 12.5. The van der Waals surface area contributed by atoms with Crippen molar-refractivity contribution < 1.29 is 4.39 Å². The Morgan fingerprint density at radius 1 is 1.21 bits per heavy atom. The van der Waals surface area contributed by atoms with Gasteiger partial charge in [0, 0.05) is 0 Å². The molecule has 1 atom stereocenters. The van der Waals surface area contributed by atoms with Gasteiger partial charge in [-0.3, -0.25) is 9.89 Å². The number of halogens is 1. The monoisotopic (exact) mass is 264 g/mol. The predicted molar refractivity (Wildman–Crippen MR) is 75.5 cm³/mol. The van der Waals surface area contributed by atoms with Crippen molar-refractivity contribution in [2.24, 2.45) is 16.5 Å². The molecule has 1 aromatic carbocycles. The van der Waals surface area contributed by atoms with Gasteiger partial charge in [0.1, 0.15) is 6.67 Å². The Morgan fingerprint density at radius 3 is 2.37 bits per heavy atom. The molecule has 5 heteroatoms. The van der Waals surface area contributed by atoms with Crippen LogP contribution in [0.15, 0.2) is 29.3 Å². The Morgan fingerprint density at radius 2 is 1.84 bits per heavy atom. The molecule has 0 spiro atoms. The molecule has 1 heterocycles. The van der Waals surface area contributed by atoms with E-state index in [2.05, 4.69) is 9.89 Å². The molecule has 0 saturated carbocycles. The van der Waals surface area contributed by atoms with E-state index in [0.717, 1.165) is 18.7 Å². The molecule has 1 unspecified atom stereocenters. The summed E-state index contributed by atoms with van der Waals surface area (Å²) in [5.41, 5.74) is 12.7. The van der Waals surface area contributed by atoms with Crippen molar-refractivity contribution >= 4 is 5.96 Å².